The zero-order valence-corrected chi connectivity index (χ0v) is 13.0. The van der Waals surface area contributed by atoms with Crippen molar-refractivity contribution in [3.8, 4) is 5.75 Å². The summed E-state index contributed by atoms with van der Waals surface area (Å²) in [4.78, 5) is 26.8. The average molecular weight is 319 g/mol. The fourth-order valence-electron chi connectivity index (χ4n) is 1.86. The number of anilines is 1. The Hall–Kier alpha value is -2.41. The number of aryl methyl sites for hydroxylation is 1. The molecule has 0 aliphatic rings. The van der Waals surface area contributed by atoms with Crippen LogP contribution in [-0.4, -0.2) is 23.9 Å². The highest BCUT2D eigenvalue weighted by molar-refractivity contribution is 7.13. The van der Waals surface area contributed by atoms with Gasteiger partial charge in [0, 0.05) is 11.8 Å². The number of amides is 2. The summed E-state index contributed by atoms with van der Waals surface area (Å²) in [5.41, 5.74) is 6.73. The van der Waals surface area contributed by atoms with Crippen molar-refractivity contribution in [3.63, 3.8) is 0 Å². The van der Waals surface area contributed by atoms with Crippen molar-refractivity contribution in [2.24, 2.45) is 5.73 Å². The van der Waals surface area contributed by atoms with Gasteiger partial charge in [0.15, 0.2) is 5.13 Å². The van der Waals surface area contributed by atoms with Crippen LogP contribution >= 0.6 is 11.3 Å². The van der Waals surface area contributed by atoms with Gasteiger partial charge in [-0.25, -0.2) is 4.98 Å². The van der Waals surface area contributed by atoms with E-state index in [1.54, 1.807) is 12.5 Å². The van der Waals surface area contributed by atoms with Gasteiger partial charge in [0.05, 0.1) is 19.2 Å². The number of thiazole rings is 1. The van der Waals surface area contributed by atoms with E-state index in [2.05, 4.69) is 10.3 Å². The number of hydrogen-bond donors (Lipinski definition) is 2. The number of primary amides is 1. The van der Waals surface area contributed by atoms with Gasteiger partial charge < -0.3 is 15.8 Å². The summed E-state index contributed by atoms with van der Waals surface area (Å²) in [7, 11) is 1.61. The van der Waals surface area contributed by atoms with Gasteiger partial charge in [-0.15, -0.1) is 11.3 Å². The zero-order chi connectivity index (χ0) is 15.9. The lowest BCUT2D eigenvalue weighted by Gasteiger charge is -2.04. The number of aromatic nitrogens is 1. The minimum Gasteiger partial charge on any atom is -0.497 e. The maximum Gasteiger partial charge on any atom is 0.226 e. The third kappa shape index (κ3) is 4.85. The molecule has 22 heavy (non-hydrogen) atoms. The number of benzene rings is 1. The molecule has 116 valence electrons. The van der Waals surface area contributed by atoms with E-state index in [4.69, 9.17) is 10.5 Å². The molecule has 0 fully saturated rings. The van der Waals surface area contributed by atoms with E-state index in [-0.39, 0.29) is 12.3 Å². The van der Waals surface area contributed by atoms with Crippen LogP contribution < -0.4 is 15.8 Å². The quantitative estimate of drug-likeness (QED) is 0.813. The smallest absolute Gasteiger partial charge is 0.226 e. The van der Waals surface area contributed by atoms with Crippen LogP contribution in [0.4, 0.5) is 5.13 Å². The molecule has 2 amide bonds. The third-order valence-electron chi connectivity index (χ3n) is 2.95. The first-order valence-corrected chi connectivity index (χ1v) is 7.60. The lowest BCUT2D eigenvalue weighted by Crippen LogP contribution is -2.14. The van der Waals surface area contributed by atoms with Crippen molar-refractivity contribution >= 4 is 28.3 Å². The SMILES string of the molecule is COc1ccc(CCC(=O)Nc2nc(CC(N)=O)cs2)cc1. The van der Waals surface area contributed by atoms with E-state index >= 15 is 0 Å². The Balaban J connectivity index is 1.82. The molecule has 0 radical (unpaired) electrons. The largest absolute Gasteiger partial charge is 0.497 e. The average Bonchev–Trinajstić information content (AvgIpc) is 2.92. The molecule has 2 rings (SSSR count). The van der Waals surface area contributed by atoms with Crippen LogP contribution in [0.5, 0.6) is 5.75 Å². The molecule has 3 N–H and O–H groups in total. The molecular formula is C15H17N3O3S. The van der Waals surface area contributed by atoms with Gasteiger partial charge in [-0.05, 0) is 24.1 Å². The normalized spacial score (nSPS) is 10.2. The molecule has 0 unspecified atom stereocenters. The van der Waals surface area contributed by atoms with E-state index in [0.29, 0.717) is 23.7 Å². The molecule has 0 aliphatic carbocycles. The summed E-state index contributed by atoms with van der Waals surface area (Å²) in [6.45, 7) is 0. The number of carbonyl (C=O) groups is 2. The molecule has 1 aromatic carbocycles. The number of rotatable bonds is 7. The lowest BCUT2D eigenvalue weighted by atomic mass is 10.1. The van der Waals surface area contributed by atoms with Crippen LogP contribution in [0.1, 0.15) is 17.7 Å². The van der Waals surface area contributed by atoms with Gasteiger partial charge in [0.25, 0.3) is 0 Å². The van der Waals surface area contributed by atoms with Crippen LogP contribution in [0, 0.1) is 0 Å². The monoisotopic (exact) mass is 319 g/mol. The minimum atomic E-state index is -0.442. The number of carbonyl (C=O) groups excluding carboxylic acids is 2. The first-order valence-electron chi connectivity index (χ1n) is 6.72. The molecule has 0 saturated carbocycles. The van der Waals surface area contributed by atoms with Crippen molar-refractivity contribution in [1.82, 2.24) is 4.98 Å². The first kappa shape index (κ1) is 16.0. The Kier molecular flexibility index (Phi) is 5.48. The summed E-state index contributed by atoms with van der Waals surface area (Å²) in [6, 6.07) is 7.59. The van der Waals surface area contributed by atoms with Gasteiger partial charge in [0.2, 0.25) is 11.8 Å². The summed E-state index contributed by atoms with van der Waals surface area (Å²) < 4.78 is 5.08. The second-order valence-electron chi connectivity index (χ2n) is 4.68. The highest BCUT2D eigenvalue weighted by atomic mass is 32.1. The molecule has 0 atom stereocenters. The topological polar surface area (TPSA) is 94.3 Å². The summed E-state index contributed by atoms with van der Waals surface area (Å²) in [5.74, 6) is 0.233. The van der Waals surface area contributed by atoms with Gasteiger partial charge in [0.1, 0.15) is 5.75 Å². The van der Waals surface area contributed by atoms with Crippen molar-refractivity contribution in [2.75, 3.05) is 12.4 Å². The Morgan fingerprint density at radius 2 is 2.05 bits per heavy atom. The number of nitrogens with zero attached hydrogens (tertiary/aromatic N) is 1. The molecule has 2 aromatic rings. The maximum absolute atomic E-state index is 11.9. The first-order chi connectivity index (χ1) is 10.6. The summed E-state index contributed by atoms with van der Waals surface area (Å²) in [5, 5.41) is 4.91. The van der Waals surface area contributed by atoms with Crippen molar-refractivity contribution in [3.05, 3.63) is 40.9 Å². The fourth-order valence-corrected chi connectivity index (χ4v) is 2.58. The Labute approximate surface area is 132 Å². The minimum absolute atomic E-state index is 0.0816. The number of ether oxygens (including phenoxy) is 1. The van der Waals surface area contributed by atoms with Crippen LogP contribution in [-0.2, 0) is 22.4 Å². The predicted molar refractivity (Wildman–Crippen MR) is 85.0 cm³/mol. The summed E-state index contributed by atoms with van der Waals surface area (Å²) >= 11 is 1.28. The van der Waals surface area contributed by atoms with E-state index in [1.165, 1.54) is 11.3 Å². The molecule has 1 aromatic heterocycles. The molecule has 7 heteroatoms. The maximum atomic E-state index is 11.9. The number of nitrogens with two attached hydrogens (primary N) is 1. The van der Waals surface area contributed by atoms with Crippen LogP contribution in [0.15, 0.2) is 29.6 Å². The predicted octanol–water partition coefficient (Wildman–Crippen LogP) is 1.75. The van der Waals surface area contributed by atoms with E-state index in [1.807, 2.05) is 24.3 Å². The fraction of sp³-hybridized carbons (Fsp3) is 0.267. The third-order valence-corrected chi connectivity index (χ3v) is 3.76. The van der Waals surface area contributed by atoms with Crippen LogP contribution in [0.25, 0.3) is 0 Å². The lowest BCUT2D eigenvalue weighted by molar-refractivity contribution is -0.117. The second-order valence-corrected chi connectivity index (χ2v) is 5.54. The standard InChI is InChI=1S/C15H17N3O3S/c1-21-12-5-2-10(3-6-12)4-7-14(20)18-15-17-11(9-22-15)8-13(16)19/h2-3,5-6,9H,4,7-8H2,1H3,(H2,16,19)(H,17,18,20). The van der Waals surface area contributed by atoms with Gasteiger partial charge in [-0.3, -0.25) is 9.59 Å². The number of methoxy groups -OCH3 is 1. The summed E-state index contributed by atoms with van der Waals surface area (Å²) in [6.07, 6.45) is 1.07. The van der Waals surface area contributed by atoms with Gasteiger partial charge >= 0.3 is 0 Å². The Morgan fingerprint density at radius 3 is 2.68 bits per heavy atom. The van der Waals surface area contributed by atoms with E-state index in [9.17, 15) is 9.59 Å². The van der Waals surface area contributed by atoms with Crippen molar-refractivity contribution in [2.45, 2.75) is 19.3 Å². The van der Waals surface area contributed by atoms with Crippen molar-refractivity contribution < 1.29 is 14.3 Å². The second kappa shape index (κ2) is 7.56. The molecule has 0 bridgehead atoms. The van der Waals surface area contributed by atoms with Gasteiger partial charge in [-0.1, -0.05) is 12.1 Å². The molecular weight excluding hydrogens is 302 g/mol. The van der Waals surface area contributed by atoms with Gasteiger partial charge in [-0.2, -0.15) is 0 Å². The Bertz CT molecular complexity index is 652. The number of nitrogens with one attached hydrogen (secondary N) is 1. The van der Waals surface area contributed by atoms with E-state index in [0.717, 1.165) is 11.3 Å². The molecule has 0 spiro atoms. The van der Waals surface area contributed by atoms with Crippen LogP contribution in [0.2, 0.25) is 0 Å². The zero-order valence-electron chi connectivity index (χ0n) is 12.2. The van der Waals surface area contributed by atoms with Crippen molar-refractivity contribution in [1.29, 1.82) is 0 Å². The molecule has 0 saturated heterocycles. The number of hydrogen-bond acceptors (Lipinski definition) is 5. The molecule has 0 aliphatic heterocycles. The Morgan fingerprint density at radius 1 is 1.32 bits per heavy atom. The highest BCUT2D eigenvalue weighted by Crippen LogP contribution is 2.17. The van der Waals surface area contributed by atoms with E-state index < -0.39 is 5.91 Å². The highest BCUT2D eigenvalue weighted by Gasteiger charge is 2.08. The molecule has 6 nitrogen and oxygen atoms in total. The van der Waals surface area contributed by atoms with Crippen LogP contribution in [0.3, 0.4) is 0 Å². The molecule has 1 heterocycles.